The van der Waals surface area contributed by atoms with Crippen molar-refractivity contribution in [2.24, 2.45) is 0 Å². The maximum atomic E-state index is 2.40. The fourth-order valence-corrected chi connectivity index (χ4v) is 9.69. The van der Waals surface area contributed by atoms with Crippen LogP contribution in [0.2, 0.25) is 0 Å². The summed E-state index contributed by atoms with van der Waals surface area (Å²) in [5.41, 5.74) is 20.8. The Morgan fingerprint density at radius 2 is 0.726 bits per heavy atom. The molecule has 10 aromatic carbocycles. The maximum Gasteiger partial charge on any atom is 0.0467 e. The Balaban J connectivity index is 0.987. The lowest BCUT2D eigenvalue weighted by atomic mass is 9.82. The fourth-order valence-electron chi connectivity index (χ4n) is 9.69. The van der Waals surface area contributed by atoms with Crippen molar-refractivity contribution >= 4 is 27.8 Å². The molecule has 0 heterocycles. The van der Waals surface area contributed by atoms with Gasteiger partial charge in [-0.1, -0.05) is 214 Å². The first-order valence-corrected chi connectivity index (χ1v) is 21.6. The van der Waals surface area contributed by atoms with E-state index in [0.717, 1.165) is 17.1 Å². The molecule has 0 fully saturated rings. The Hall–Kier alpha value is -7.74. The van der Waals surface area contributed by atoms with Crippen LogP contribution in [-0.2, 0) is 5.41 Å². The third-order valence-electron chi connectivity index (χ3n) is 12.9. The molecule has 0 atom stereocenters. The molecule has 1 heteroatoms. The van der Waals surface area contributed by atoms with Crippen molar-refractivity contribution in [3.05, 3.63) is 248 Å². The van der Waals surface area contributed by atoms with Gasteiger partial charge in [-0.3, -0.25) is 0 Å². The second-order valence-electron chi connectivity index (χ2n) is 16.9. The molecule has 0 N–H and O–H groups in total. The lowest BCUT2D eigenvalue weighted by Gasteiger charge is -2.27. The van der Waals surface area contributed by atoms with E-state index in [1.807, 2.05) is 0 Å². The summed E-state index contributed by atoms with van der Waals surface area (Å²) in [4.78, 5) is 2.40. The van der Waals surface area contributed by atoms with Gasteiger partial charge in [-0.25, -0.2) is 0 Å². The van der Waals surface area contributed by atoms with Crippen LogP contribution in [0.4, 0.5) is 17.1 Å². The van der Waals surface area contributed by atoms with Gasteiger partial charge in [0.05, 0.1) is 0 Å². The van der Waals surface area contributed by atoms with Gasteiger partial charge in [-0.2, -0.15) is 0 Å². The number of hydrogen-bond acceptors (Lipinski definition) is 1. The quantitative estimate of drug-likeness (QED) is 0.148. The third kappa shape index (κ3) is 6.60. The molecule has 0 unspecified atom stereocenters. The van der Waals surface area contributed by atoms with Crippen LogP contribution >= 0.6 is 0 Å². The highest BCUT2D eigenvalue weighted by Gasteiger charge is 2.36. The lowest BCUT2D eigenvalue weighted by Crippen LogP contribution is -2.14. The highest BCUT2D eigenvalue weighted by molar-refractivity contribution is 5.97. The normalized spacial score (nSPS) is 12.5. The molecule has 10 aromatic rings. The summed E-state index contributed by atoms with van der Waals surface area (Å²) in [6.07, 6.45) is 0. The Morgan fingerprint density at radius 3 is 1.42 bits per heavy atom. The van der Waals surface area contributed by atoms with Crippen molar-refractivity contribution in [2.45, 2.75) is 19.3 Å². The summed E-state index contributed by atoms with van der Waals surface area (Å²) in [7, 11) is 0. The number of rotatable bonds is 8. The van der Waals surface area contributed by atoms with Crippen LogP contribution in [-0.4, -0.2) is 0 Å². The van der Waals surface area contributed by atoms with Crippen LogP contribution in [0.15, 0.2) is 237 Å². The van der Waals surface area contributed by atoms with Crippen molar-refractivity contribution in [3.63, 3.8) is 0 Å². The maximum absolute atomic E-state index is 2.40. The molecule has 0 aromatic heterocycles. The minimum absolute atomic E-state index is 0.0488. The van der Waals surface area contributed by atoms with Gasteiger partial charge >= 0.3 is 0 Å². The summed E-state index contributed by atoms with van der Waals surface area (Å²) in [5, 5.41) is 2.52. The van der Waals surface area contributed by atoms with Gasteiger partial charge < -0.3 is 4.90 Å². The summed E-state index contributed by atoms with van der Waals surface area (Å²) in [6, 6.07) is 86.5. The molecule has 0 saturated heterocycles. The highest BCUT2D eigenvalue weighted by atomic mass is 15.1. The molecule has 0 aliphatic heterocycles. The minimum atomic E-state index is -0.0488. The average molecular weight is 792 g/mol. The second-order valence-corrected chi connectivity index (χ2v) is 16.9. The molecule has 1 aliphatic carbocycles. The smallest absolute Gasteiger partial charge is 0.0467 e. The van der Waals surface area contributed by atoms with Crippen molar-refractivity contribution in [1.29, 1.82) is 0 Å². The first kappa shape index (κ1) is 37.3. The van der Waals surface area contributed by atoms with Crippen LogP contribution in [0.1, 0.15) is 25.0 Å². The van der Waals surface area contributed by atoms with E-state index in [4.69, 9.17) is 0 Å². The van der Waals surface area contributed by atoms with Gasteiger partial charge in [0.2, 0.25) is 0 Å². The molecule has 62 heavy (non-hydrogen) atoms. The number of anilines is 3. The Morgan fingerprint density at radius 1 is 0.290 bits per heavy atom. The molecule has 1 nitrogen and oxygen atoms in total. The predicted molar refractivity (Wildman–Crippen MR) is 263 cm³/mol. The molecular weight excluding hydrogens is 747 g/mol. The van der Waals surface area contributed by atoms with Gasteiger partial charge in [0.15, 0.2) is 0 Å². The average Bonchev–Trinajstić information content (AvgIpc) is 3.58. The van der Waals surface area contributed by atoms with E-state index in [2.05, 4.69) is 255 Å². The predicted octanol–water partition coefficient (Wildman–Crippen LogP) is 17.0. The third-order valence-corrected chi connectivity index (χ3v) is 12.9. The van der Waals surface area contributed by atoms with Crippen LogP contribution < -0.4 is 4.90 Å². The molecule has 0 amide bonds. The molecule has 1 aliphatic rings. The summed E-state index contributed by atoms with van der Waals surface area (Å²) in [5.74, 6) is 0. The molecule has 0 radical (unpaired) electrons. The highest BCUT2D eigenvalue weighted by Crippen LogP contribution is 2.52. The van der Waals surface area contributed by atoms with Crippen molar-refractivity contribution in [2.75, 3.05) is 4.90 Å². The lowest BCUT2D eigenvalue weighted by molar-refractivity contribution is 0.660. The zero-order valence-electron chi connectivity index (χ0n) is 35.0. The number of fused-ring (bicyclic) bond motifs is 4. The van der Waals surface area contributed by atoms with Crippen molar-refractivity contribution < 1.29 is 0 Å². The van der Waals surface area contributed by atoms with Crippen molar-refractivity contribution in [3.8, 4) is 66.8 Å². The van der Waals surface area contributed by atoms with E-state index in [1.54, 1.807) is 0 Å². The first-order chi connectivity index (χ1) is 30.5. The van der Waals surface area contributed by atoms with E-state index < -0.39 is 0 Å². The summed E-state index contributed by atoms with van der Waals surface area (Å²) < 4.78 is 0. The SMILES string of the molecule is CC1(C)c2ccccc2-c2c(-c3ccc(N(c4cccc(-c5ccc(-c6ccccc6)cc5)c4)c4cccc(-c5ccc(-c6cccc7ccccc67)cc5)c4)cc3)cccc21. The Bertz CT molecular complexity index is 3220. The fraction of sp³-hybridized carbons (Fsp3) is 0.0492. The van der Waals surface area contributed by atoms with Gasteiger partial charge in [-0.05, 0) is 125 Å². The van der Waals surface area contributed by atoms with Gasteiger partial charge in [0, 0.05) is 22.5 Å². The molecule has 0 bridgehead atoms. The van der Waals surface area contributed by atoms with E-state index in [1.165, 1.54) is 88.7 Å². The molecule has 0 spiro atoms. The number of nitrogens with zero attached hydrogens (tertiary/aromatic N) is 1. The largest absolute Gasteiger partial charge is 0.310 e. The summed E-state index contributed by atoms with van der Waals surface area (Å²) >= 11 is 0. The first-order valence-electron chi connectivity index (χ1n) is 21.6. The standard InChI is InChI=1S/C61H45N/c1-61(2)58-26-9-8-23-57(58)60-56(25-13-27-59(60)61)48-36-38-51(39-37-48)62(52-20-10-18-49(40-52)44-30-28-43(29-31-44)42-14-4-3-5-15-42)53-21-11-19-50(41-53)45-32-34-47(35-33-45)55-24-12-17-46-16-6-7-22-54(46)55/h3-41H,1-2H3. The molecular formula is C61H45N. The van der Waals surface area contributed by atoms with Crippen LogP contribution in [0, 0.1) is 0 Å². The van der Waals surface area contributed by atoms with Crippen LogP contribution in [0.25, 0.3) is 77.5 Å². The second kappa shape index (κ2) is 15.4. The zero-order valence-corrected chi connectivity index (χ0v) is 35.0. The monoisotopic (exact) mass is 791 g/mol. The van der Waals surface area contributed by atoms with Gasteiger partial charge in [-0.15, -0.1) is 0 Å². The zero-order chi connectivity index (χ0) is 41.6. The van der Waals surface area contributed by atoms with E-state index in [9.17, 15) is 0 Å². The topological polar surface area (TPSA) is 3.24 Å². The summed E-state index contributed by atoms with van der Waals surface area (Å²) in [6.45, 7) is 4.70. The minimum Gasteiger partial charge on any atom is -0.310 e. The van der Waals surface area contributed by atoms with Crippen molar-refractivity contribution in [1.82, 2.24) is 0 Å². The van der Waals surface area contributed by atoms with Gasteiger partial charge in [0.1, 0.15) is 0 Å². The Labute approximate surface area is 364 Å². The molecule has 0 saturated carbocycles. The Kier molecular flexibility index (Phi) is 9.24. The van der Waals surface area contributed by atoms with E-state index in [0.29, 0.717) is 0 Å². The molecule has 11 rings (SSSR count). The molecule has 294 valence electrons. The van der Waals surface area contributed by atoms with Gasteiger partial charge in [0.25, 0.3) is 0 Å². The van der Waals surface area contributed by atoms with E-state index >= 15 is 0 Å². The number of benzene rings is 10. The van der Waals surface area contributed by atoms with Crippen LogP contribution in [0.3, 0.4) is 0 Å². The number of hydrogen-bond donors (Lipinski definition) is 0. The van der Waals surface area contributed by atoms with E-state index in [-0.39, 0.29) is 5.41 Å². The van der Waals surface area contributed by atoms with Crippen LogP contribution in [0.5, 0.6) is 0 Å².